The van der Waals surface area contributed by atoms with Crippen LogP contribution in [0.25, 0.3) is 16.3 Å². The average molecular weight is 453 g/mol. The zero-order chi connectivity index (χ0) is 19.7. The Balaban J connectivity index is 2.13. The van der Waals surface area contributed by atoms with E-state index in [1.165, 1.54) is 0 Å². The Morgan fingerprint density at radius 1 is 0.893 bits per heavy atom. The van der Waals surface area contributed by atoms with Gasteiger partial charge in [-0.3, -0.25) is 0 Å². The minimum Gasteiger partial charge on any atom is -0.484 e. The van der Waals surface area contributed by atoms with Crippen molar-refractivity contribution in [3.63, 3.8) is 0 Å². The first-order valence-corrected chi connectivity index (χ1v) is 11.3. The van der Waals surface area contributed by atoms with Gasteiger partial charge >= 0.3 is 0 Å². The molecule has 1 unspecified atom stereocenters. The maximum Gasteiger partial charge on any atom is 0.170 e. The van der Waals surface area contributed by atoms with E-state index in [1.807, 2.05) is 12.1 Å². The predicted octanol–water partition coefficient (Wildman–Crippen LogP) is 5.06. The Morgan fingerprint density at radius 3 is 2.36 bits per heavy atom. The standard InChI is InChI=1S/C20H20O4S4/c25-7-21-17-11-3-1-4-12-15(11)16-13(19(17)23-9-27)5-2-6-14(16)20(24-10-28)18(12)22-8-26/h1-5,17,25-28H,6-10H2. The summed E-state index contributed by atoms with van der Waals surface area (Å²) in [4.78, 5) is 0. The highest BCUT2D eigenvalue weighted by Gasteiger charge is 2.36. The zero-order valence-electron chi connectivity index (χ0n) is 14.9. The van der Waals surface area contributed by atoms with E-state index in [0.717, 1.165) is 45.2 Å². The van der Waals surface area contributed by atoms with Crippen molar-refractivity contribution < 1.29 is 18.9 Å². The molecular formula is C20H20O4S4. The lowest BCUT2D eigenvalue weighted by Crippen LogP contribution is -2.19. The Morgan fingerprint density at radius 2 is 1.64 bits per heavy atom. The smallest absolute Gasteiger partial charge is 0.170 e. The largest absolute Gasteiger partial charge is 0.484 e. The van der Waals surface area contributed by atoms with Gasteiger partial charge in [-0.05, 0) is 12.0 Å². The number of thiol groups is 4. The SMILES string of the molecule is SCOC1=C2C=CCc3c(OCS)c(OCS)c4cccc(c4c32)C1OCS. The molecule has 0 fully saturated rings. The van der Waals surface area contributed by atoms with Gasteiger partial charge in [-0.2, -0.15) is 12.6 Å². The third-order valence-corrected chi connectivity index (χ3v) is 5.45. The summed E-state index contributed by atoms with van der Waals surface area (Å²) in [5.41, 5.74) is 4.13. The minimum atomic E-state index is -0.369. The van der Waals surface area contributed by atoms with Crippen LogP contribution in [0.2, 0.25) is 0 Å². The van der Waals surface area contributed by atoms with Crippen LogP contribution in [-0.2, 0) is 15.9 Å². The molecule has 0 saturated carbocycles. The number of hydrogen-bond acceptors (Lipinski definition) is 8. The van der Waals surface area contributed by atoms with Gasteiger partial charge < -0.3 is 18.9 Å². The van der Waals surface area contributed by atoms with Crippen molar-refractivity contribution in [1.29, 1.82) is 0 Å². The first kappa shape index (κ1) is 20.2. The summed E-state index contributed by atoms with van der Waals surface area (Å²) in [7, 11) is 0. The van der Waals surface area contributed by atoms with Crippen molar-refractivity contribution in [1.82, 2.24) is 0 Å². The average Bonchev–Trinajstić information content (AvgIpc) is 2.72. The first-order valence-electron chi connectivity index (χ1n) is 8.72. The zero-order valence-corrected chi connectivity index (χ0v) is 18.5. The van der Waals surface area contributed by atoms with E-state index >= 15 is 0 Å². The predicted molar refractivity (Wildman–Crippen MR) is 125 cm³/mol. The topological polar surface area (TPSA) is 36.9 Å². The Kier molecular flexibility index (Phi) is 6.32. The van der Waals surface area contributed by atoms with E-state index in [2.05, 4.69) is 68.7 Å². The van der Waals surface area contributed by atoms with Gasteiger partial charge in [0.25, 0.3) is 0 Å². The molecule has 0 spiro atoms. The first-order chi connectivity index (χ1) is 13.8. The molecule has 2 aromatic carbocycles. The molecule has 0 aliphatic heterocycles. The Hall–Kier alpha value is -1.06. The van der Waals surface area contributed by atoms with E-state index in [4.69, 9.17) is 18.9 Å². The number of ether oxygens (including phenoxy) is 4. The normalized spacial score (nSPS) is 17.2. The number of allylic oxidation sites excluding steroid dienone is 3. The molecule has 8 heteroatoms. The van der Waals surface area contributed by atoms with Crippen molar-refractivity contribution in [3.8, 4) is 11.5 Å². The van der Waals surface area contributed by atoms with Gasteiger partial charge in [0, 0.05) is 27.5 Å². The molecule has 0 heterocycles. The van der Waals surface area contributed by atoms with E-state index in [9.17, 15) is 0 Å². The molecule has 28 heavy (non-hydrogen) atoms. The van der Waals surface area contributed by atoms with Crippen molar-refractivity contribution in [2.24, 2.45) is 0 Å². The second kappa shape index (κ2) is 8.75. The lowest BCUT2D eigenvalue weighted by molar-refractivity contribution is 0.0680. The van der Waals surface area contributed by atoms with E-state index in [-0.39, 0.29) is 29.9 Å². The third kappa shape index (κ3) is 3.19. The van der Waals surface area contributed by atoms with E-state index in [0.29, 0.717) is 11.5 Å². The second-order valence-corrected chi connectivity index (χ2v) is 7.19. The summed E-state index contributed by atoms with van der Waals surface area (Å²) in [6, 6.07) is 6.06. The molecule has 2 aliphatic carbocycles. The molecule has 4 nitrogen and oxygen atoms in total. The molecule has 2 aromatic rings. The summed E-state index contributed by atoms with van der Waals surface area (Å²) < 4.78 is 23.8. The summed E-state index contributed by atoms with van der Waals surface area (Å²) in [6.07, 6.45) is 4.52. The highest BCUT2D eigenvalue weighted by Crippen LogP contribution is 2.53. The molecule has 0 amide bonds. The van der Waals surface area contributed by atoms with Gasteiger partial charge in [0.15, 0.2) is 11.5 Å². The van der Waals surface area contributed by atoms with E-state index in [1.54, 1.807) is 0 Å². The van der Waals surface area contributed by atoms with Gasteiger partial charge in [0.2, 0.25) is 0 Å². The second-order valence-electron chi connectivity index (χ2n) is 6.16. The highest BCUT2D eigenvalue weighted by molar-refractivity contribution is 7.80. The Labute approximate surface area is 185 Å². The number of rotatable bonds is 8. The summed E-state index contributed by atoms with van der Waals surface area (Å²) in [5.74, 6) is 3.11. The molecule has 4 rings (SSSR count). The van der Waals surface area contributed by atoms with Crippen LogP contribution in [0.1, 0.15) is 22.8 Å². The molecule has 0 aromatic heterocycles. The van der Waals surface area contributed by atoms with Gasteiger partial charge in [-0.15, -0.1) is 37.9 Å². The quantitative estimate of drug-likeness (QED) is 0.334. The van der Waals surface area contributed by atoms with Crippen LogP contribution in [0.15, 0.2) is 36.1 Å². The van der Waals surface area contributed by atoms with Crippen LogP contribution in [0, 0.1) is 0 Å². The van der Waals surface area contributed by atoms with Crippen LogP contribution < -0.4 is 9.47 Å². The molecule has 148 valence electrons. The molecular weight excluding hydrogens is 432 g/mol. The maximum absolute atomic E-state index is 5.98. The van der Waals surface area contributed by atoms with Crippen molar-refractivity contribution in [3.05, 3.63) is 52.8 Å². The molecule has 0 radical (unpaired) electrons. The van der Waals surface area contributed by atoms with Gasteiger partial charge in [0.1, 0.15) is 29.7 Å². The Bertz CT molecular complexity index is 971. The fourth-order valence-corrected chi connectivity index (χ4v) is 4.57. The van der Waals surface area contributed by atoms with Crippen molar-refractivity contribution >= 4 is 66.9 Å². The lowest BCUT2D eigenvalue weighted by Gasteiger charge is -2.33. The maximum atomic E-state index is 5.98. The molecule has 0 N–H and O–H groups in total. The minimum absolute atomic E-state index is 0.240. The summed E-state index contributed by atoms with van der Waals surface area (Å²) in [5, 5.41) is 2.03. The lowest BCUT2D eigenvalue weighted by atomic mass is 9.79. The van der Waals surface area contributed by atoms with Crippen LogP contribution >= 0.6 is 50.5 Å². The summed E-state index contributed by atoms with van der Waals surface area (Å²) >= 11 is 17.1. The summed E-state index contributed by atoms with van der Waals surface area (Å²) in [6.45, 7) is 0. The third-order valence-electron chi connectivity index (χ3n) is 4.91. The number of hydrogen-bond donors (Lipinski definition) is 4. The fourth-order valence-electron chi connectivity index (χ4n) is 4.03. The molecule has 0 saturated heterocycles. The fraction of sp³-hybridized carbons (Fsp3) is 0.300. The van der Waals surface area contributed by atoms with Crippen molar-refractivity contribution in [2.45, 2.75) is 12.5 Å². The molecule has 0 bridgehead atoms. The van der Waals surface area contributed by atoms with Crippen LogP contribution in [-0.4, -0.2) is 23.8 Å². The monoisotopic (exact) mass is 452 g/mol. The molecule has 2 aliphatic rings. The number of benzene rings is 2. The van der Waals surface area contributed by atoms with Gasteiger partial charge in [-0.1, -0.05) is 30.4 Å². The van der Waals surface area contributed by atoms with Crippen LogP contribution in [0.3, 0.4) is 0 Å². The van der Waals surface area contributed by atoms with Crippen LogP contribution in [0.5, 0.6) is 11.5 Å². The highest BCUT2D eigenvalue weighted by atomic mass is 32.1. The molecule has 1 atom stereocenters. The van der Waals surface area contributed by atoms with Crippen LogP contribution in [0.4, 0.5) is 0 Å². The van der Waals surface area contributed by atoms with Crippen molar-refractivity contribution in [2.75, 3.05) is 23.8 Å². The van der Waals surface area contributed by atoms with Gasteiger partial charge in [-0.25, -0.2) is 0 Å². The van der Waals surface area contributed by atoms with Gasteiger partial charge in [0.05, 0.1) is 5.94 Å². The van der Waals surface area contributed by atoms with E-state index < -0.39 is 0 Å².